The highest BCUT2D eigenvalue weighted by atomic mass is 35.5. The van der Waals surface area contributed by atoms with Crippen LogP contribution in [0.25, 0.3) is 0 Å². The largest absolute Gasteiger partial charge is 0.468 e. The Morgan fingerprint density at radius 1 is 1.73 bits per heavy atom. The molecule has 0 aromatic heterocycles. The Kier molecular flexibility index (Phi) is 6.27. The molecule has 0 saturated heterocycles. The van der Waals surface area contributed by atoms with Crippen LogP contribution in [-0.4, -0.2) is 19.1 Å². The van der Waals surface area contributed by atoms with E-state index in [1.165, 1.54) is 7.11 Å². The van der Waals surface area contributed by atoms with Gasteiger partial charge in [-0.15, -0.1) is 0 Å². The van der Waals surface area contributed by atoms with Crippen LogP contribution in [0.5, 0.6) is 0 Å². The second-order valence-electron chi connectivity index (χ2n) is 2.33. The summed E-state index contributed by atoms with van der Waals surface area (Å²) in [6.07, 6.45) is 2.75. The highest BCUT2D eigenvalue weighted by Crippen LogP contribution is 2.02. The van der Waals surface area contributed by atoms with E-state index in [0.717, 1.165) is 19.3 Å². The first kappa shape index (κ1) is 10.7. The topological polar surface area (TPSA) is 38.3 Å². The summed E-state index contributed by atoms with van der Waals surface area (Å²) < 4.78 is 4.51. The Bertz CT molecular complexity index is 119. The molecule has 0 fully saturated rings. The van der Waals surface area contributed by atoms with Gasteiger partial charge in [0.15, 0.2) is 0 Å². The molecule has 0 aromatic rings. The average molecular weight is 180 g/mol. The summed E-state index contributed by atoms with van der Waals surface area (Å²) in [4.78, 5) is 13.3. The molecule has 0 spiro atoms. The Hall–Kier alpha value is -0.280. The second-order valence-corrected chi connectivity index (χ2v) is 2.55. The number of hydrogen-bond acceptors (Lipinski definition) is 3. The fourth-order valence-corrected chi connectivity index (χ4v) is 0.966. The van der Waals surface area contributed by atoms with Crippen molar-refractivity contribution in [3.05, 3.63) is 0 Å². The van der Waals surface area contributed by atoms with E-state index in [2.05, 4.69) is 16.5 Å². The number of rotatable bonds is 5. The van der Waals surface area contributed by atoms with Crippen molar-refractivity contribution in [2.75, 3.05) is 7.11 Å². The molecule has 1 atom stereocenters. The van der Waals surface area contributed by atoms with Crippen molar-refractivity contribution in [1.29, 1.82) is 0 Å². The highest BCUT2D eigenvalue weighted by Gasteiger charge is 2.16. The first-order valence-electron chi connectivity index (χ1n) is 3.70. The number of unbranched alkanes of at least 4 members (excludes halogenated alkanes) is 1. The first-order valence-corrected chi connectivity index (χ1v) is 4.08. The molecule has 0 aliphatic heterocycles. The van der Waals surface area contributed by atoms with Crippen molar-refractivity contribution in [2.45, 2.75) is 32.2 Å². The molecule has 4 heteroatoms. The maximum absolute atomic E-state index is 10.9. The van der Waals surface area contributed by atoms with Gasteiger partial charge in [-0.3, -0.25) is 4.79 Å². The summed E-state index contributed by atoms with van der Waals surface area (Å²) in [5.74, 6) is -0.298. The normalized spacial score (nSPS) is 12.6. The lowest BCUT2D eigenvalue weighted by Crippen LogP contribution is -2.31. The van der Waals surface area contributed by atoms with Crippen LogP contribution in [0.15, 0.2) is 0 Å². The molecule has 0 heterocycles. The molecule has 0 amide bonds. The molecule has 0 aliphatic rings. The van der Waals surface area contributed by atoms with Crippen molar-refractivity contribution < 1.29 is 9.53 Å². The molecule has 0 bridgehead atoms. The number of esters is 1. The number of ether oxygens (including phenoxy) is 1. The minimum absolute atomic E-state index is 0.298. The zero-order chi connectivity index (χ0) is 8.69. The molecule has 1 N–H and O–H groups in total. The third-order valence-electron chi connectivity index (χ3n) is 1.46. The van der Waals surface area contributed by atoms with Crippen molar-refractivity contribution >= 4 is 17.7 Å². The predicted octanol–water partition coefficient (Wildman–Crippen LogP) is 1.46. The van der Waals surface area contributed by atoms with E-state index in [0.29, 0.717) is 0 Å². The molecule has 0 saturated carbocycles. The predicted molar refractivity (Wildman–Crippen MR) is 44.3 cm³/mol. The number of methoxy groups -OCH3 is 1. The fourth-order valence-electron chi connectivity index (χ4n) is 0.767. The van der Waals surface area contributed by atoms with E-state index in [1.807, 2.05) is 0 Å². The minimum atomic E-state index is -0.360. The lowest BCUT2D eigenvalue weighted by Gasteiger charge is -2.10. The molecular formula is C7H14ClNO2. The van der Waals surface area contributed by atoms with Crippen LogP contribution >= 0.6 is 11.8 Å². The van der Waals surface area contributed by atoms with E-state index in [4.69, 9.17) is 11.8 Å². The average Bonchev–Trinajstić information content (AvgIpc) is 2.05. The van der Waals surface area contributed by atoms with Gasteiger partial charge in [-0.2, -0.15) is 0 Å². The summed E-state index contributed by atoms with van der Waals surface area (Å²) >= 11 is 5.33. The standard InChI is InChI=1S/C7H14ClNO2/c1-3-4-5-6(9-8)7(10)11-2/h6,9H,3-5H2,1-2H3/t6-/m0/s1. The summed E-state index contributed by atoms with van der Waals surface area (Å²) in [6, 6.07) is -0.360. The zero-order valence-corrected chi connectivity index (χ0v) is 7.65. The number of nitrogens with one attached hydrogen (secondary N) is 1. The molecule has 3 nitrogen and oxygen atoms in total. The van der Waals surface area contributed by atoms with Crippen LogP contribution in [0, 0.1) is 0 Å². The molecule has 0 aliphatic carbocycles. The monoisotopic (exact) mass is 179 g/mol. The SMILES string of the molecule is CCCC[C@H](NCl)C(=O)OC. The molecule has 66 valence electrons. The number of halogens is 1. The quantitative estimate of drug-likeness (QED) is 0.513. The Balaban J connectivity index is 3.65. The van der Waals surface area contributed by atoms with Crippen molar-refractivity contribution in [3.8, 4) is 0 Å². The van der Waals surface area contributed by atoms with Gasteiger partial charge in [-0.05, 0) is 18.2 Å². The summed E-state index contributed by atoms with van der Waals surface area (Å²) in [5, 5.41) is 0. The van der Waals surface area contributed by atoms with Crippen molar-refractivity contribution in [1.82, 2.24) is 4.84 Å². The Morgan fingerprint density at radius 3 is 2.73 bits per heavy atom. The van der Waals surface area contributed by atoms with Crippen LogP contribution in [0.3, 0.4) is 0 Å². The minimum Gasteiger partial charge on any atom is -0.468 e. The summed E-state index contributed by atoms with van der Waals surface area (Å²) in [6.45, 7) is 2.06. The van der Waals surface area contributed by atoms with Gasteiger partial charge in [0.05, 0.1) is 7.11 Å². The van der Waals surface area contributed by atoms with Crippen LogP contribution in [-0.2, 0) is 9.53 Å². The molecule has 0 aromatic carbocycles. The van der Waals surface area contributed by atoms with Crippen LogP contribution in [0.4, 0.5) is 0 Å². The van der Waals surface area contributed by atoms with Crippen molar-refractivity contribution in [2.24, 2.45) is 0 Å². The zero-order valence-electron chi connectivity index (χ0n) is 6.89. The number of carbonyl (C=O) groups is 1. The second kappa shape index (κ2) is 6.43. The van der Waals surface area contributed by atoms with Crippen molar-refractivity contribution in [3.63, 3.8) is 0 Å². The maximum Gasteiger partial charge on any atom is 0.324 e. The van der Waals surface area contributed by atoms with E-state index in [9.17, 15) is 4.79 Å². The number of carbonyl (C=O) groups excluding carboxylic acids is 1. The van der Waals surface area contributed by atoms with Crippen LogP contribution in [0.2, 0.25) is 0 Å². The van der Waals surface area contributed by atoms with Gasteiger partial charge in [0.25, 0.3) is 0 Å². The lowest BCUT2D eigenvalue weighted by molar-refractivity contribution is -0.142. The highest BCUT2D eigenvalue weighted by molar-refractivity contribution is 6.14. The maximum atomic E-state index is 10.9. The summed E-state index contributed by atoms with van der Waals surface area (Å²) in [7, 11) is 1.36. The van der Waals surface area contributed by atoms with Gasteiger partial charge >= 0.3 is 5.97 Å². The van der Waals surface area contributed by atoms with Gasteiger partial charge in [0.1, 0.15) is 6.04 Å². The third kappa shape index (κ3) is 4.22. The van der Waals surface area contributed by atoms with Gasteiger partial charge in [-0.1, -0.05) is 19.8 Å². The van der Waals surface area contributed by atoms with Gasteiger partial charge in [0.2, 0.25) is 0 Å². The van der Waals surface area contributed by atoms with E-state index in [1.54, 1.807) is 0 Å². The van der Waals surface area contributed by atoms with Crippen LogP contribution in [0.1, 0.15) is 26.2 Å². The smallest absolute Gasteiger partial charge is 0.324 e. The van der Waals surface area contributed by atoms with E-state index >= 15 is 0 Å². The Morgan fingerprint density at radius 2 is 2.36 bits per heavy atom. The van der Waals surface area contributed by atoms with Gasteiger partial charge < -0.3 is 4.74 Å². The first-order chi connectivity index (χ1) is 5.26. The molecular weight excluding hydrogens is 166 g/mol. The van der Waals surface area contributed by atoms with E-state index in [-0.39, 0.29) is 12.0 Å². The van der Waals surface area contributed by atoms with E-state index < -0.39 is 0 Å². The van der Waals surface area contributed by atoms with Crippen LogP contribution < -0.4 is 4.84 Å². The van der Waals surface area contributed by atoms with Gasteiger partial charge in [0, 0.05) is 0 Å². The third-order valence-corrected chi connectivity index (χ3v) is 1.73. The summed E-state index contributed by atoms with van der Waals surface area (Å²) in [5.41, 5.74) is 0. The molecule has 0 rings (SSSR count). The fraction of sp³-hybridized carbons (Fsp3) is 0.857. The lowest BCUT2D eigenvalue weighted by atomic mass is 10.1. The molecule has 0 radical (unpaired) electrons. The van der Waals surface area contributed by atoms with Gasteiger partial charge in [-0.25, -0.2) is 4.84 Å². The number of hydrogen-bond donors (Lipinski definition) is 1. The molecule has 0 unspecified atom stereocenters. The Labute approximate surface area is 72.2 Å². The molecule has 11 heavy (non-hydrogen) atoms.